The van der Waals surface area contributed by atoms with E-state index in [0.29, 0.717) is 28.6 Å². The molecule has 0 spiro atoms. The lowest BCUT2D eigenvalue weighted by molar-refractivity contribution is 0.998. The fourth-order valence-electron chi connectivity index (χ4n) is 2.05. The van der Waals surface area contributed by atoms with E-state index in [2.05, 4.69) is 9.97 Å². The van der Waals surface area contributed by atoms with Crippen molar-refractivity contribution in [3.63, 3.8) is 0 Å². The van der Waals surface area contributed by atoms with Gasteiger partial charge in [-0.25, -0.2) is 9.97 Å². The largest absolute Gasteiger partial charge is 0.383 e. The first-order chi connectivity index (χ1) is 9.24. The second kappa shape index (κ2) is 4.86. The van der Waals surface area contributed by atoms with E-state index in [-0.39, 0.29) is 0 Å². The second-order valence-corrected chi connectivity index (χ2v) is 4.73. The van der Waals surface area contributed by atoms with Crippen molar-refractivity contribution in [3.05, 3.63) is 64.9 Å². The van der Waals surface area contributed by atoms with Crippen LogP contribution >= 0.6 is 11.6 Å². The second-order valence-electron chi connectivity index (χ2n) is 4.32. The summed E-state index contributed by atoms with van der Waals surface area (Å²) >= 11 is 6.16. The third-order valence-corrected chi connectivity index (χ3v) is 3.26. The summed E-state index contributed by atoms with van der Waals surface area (Å²) in [7, 11) is 0. The first-order valence-corrected chi connectivity index (χ1v) is 6.36. The lowest BCUT2D eigenvalue weighted by Crippen LogP contribution is -2.02. The highest BCUT2D eigenvalue weighted by Crippen LogP contribution is 2.25. The van der Waals surface area contributed by atoms with Crippen molar-refractivity contribution in [2.45, 2.75) is 6.42 Å². The van der Waals surface area contributed by atoms with Gasteiger partial charge in [0.2, 0.25) is 0 Å². The van der Waals surface area contributed by atoms with Gasteiger partial charge >= 0.3 is 0 Å². The van der Waals surface area contributed by atoms with Gasteiger partial charge in [0.1, 0.15) is 11.6 Å². The number of aromatic nitrogens is 2. The zero-order valence-electron chi connectivity index (χ0n) is 10.2. The summed E-state index contributed by atoms with van der Waals surface area (Å²) in [4.78, 5) is 8.85. The SMILES string of the molecule is Nc1nc(Cc2ccccc2)nc2c(Cl)cccc12. The van der Waals surface area contributed by atoms with Crippen molar-refractivity contribution in [2.75, 3.05) is 5.73 Å². The van der Waals surface area contributed by atoms with Crippen LogP contribution < -0.4 is 5.73 Å². The molecule has 3 rings (SSSR count). The van der Waals surface area contributed by atoms with Crippen molar-refractivity contribution < 1.29 is 0 Å². The number of nitrogens with zero attached hydrogens (tertiary/aromatic N) is 2. The van der Waals surface area contributed by atoms with E-state index in [4.69, 9.17) is 17.3 Å². The Morgan fingerprint density at radius 2 is 1.74 bits per heavy atom. The molecule has 0 radical (unpaired) electrons. The average Bonchev–Trinajstić information content (AvgIpc) is 2.41. The zero-order chi connectivity index (χ0) is 13.2. The predicted octanol–water partition coefficient (Wildman–Crippen LogP) is 3.46. The summed E-state index contributed by atoms with van der Waals surface area (Å²) in [5.74, 6) is 1.16. The number of benzene rings is 2. The molecule has 4 heteroatoms. The number of nitrogens with two attached hydrogens (primary N) is 1. The van der Waals surface area contributed by atoms with Crippen LogP contribution in [-0.4, -0.2) is 9.97 Å². The van der Waals surface area contributed by atoms with Crippen LogP contribution in [0.15, 0.2) is 48.5 Å². The summed E-state index contributed by atoms with van der Waals surface area (Å²) < 4.78 is 0. The maximum Gasteiger partial charge on any atom is 0.135 e. The third kappa shape index (κ3) is 2.37. The molecule has 0 bridgehead atoms. The molecule has 0 atom stereocenters. The van der Waals surface area contributed by atoms with Crippen molar-refractivity contribution in [1.29, 1.82) is 0 Å². The lowest BCUT2D eigenvalue weighted by atomic mass is 10.1. The van der Waals surface area contributed by atoms with E-state index in [9.17, 15) is 0 Å². The Morgan fingerprint density at radius 3 is 2.53 bits per heavy atom. The molecule has 2 aromatic carbocycles. The normalized spacial score (nSPS) is 10.8. The molecule has 0 amide bonds. The van der Waals surface area contributed by atoms with Crippen LogP contribution in [0.4, 0.5) is 5.82 Å². The Balaban J connectivity index is 2.08. The number of fused-ring (bicyclic) bond motifs is 1. The number of hydrogen-bond acceptors (Lipinski definition) is 3. The maximum absolute atomic E-state index is 6.16. The molecule has 1 aromatic heterocycles. The predicted molar refractivity (Wildman–Crippen MR) is 78.2 cm³/mol. The summed E-state index contributed by atoms with van der Waals surface area (Å²) in [6.45, 7) is 0. The molecule has 94 valence electrons. The van der Waals surface area contributed by atoms with Gasteiger partial charge in [-0.15, -0.1) is 0 Å². The van der Waals surface area contributed by atoms with Gasteiger partial charge in [-0.3, -0.25) is 0 Å². The molecule has 0 aliphatic heterocycles. The molecule has 3 aromatic rings. The van der Waals surface area contributed by atoms with Gasteiger partial charge in [-0.1, -0.05) is 48.0 Å². The van der Waals surface area contributed by atoms with Crippen LogP contribution in [0.1, 0.15) is 11.4 Å². The molecule has 3 nitrogen and oxygen atoms in total. The Hall–Kier alpha value is -2.13. The third-order valence-electron chi connectivity index (χ3n) is 2.96. The standard InChI is InChI=1S/C15H12ClN3/c16-12-8-4-7-11-14(12)18-13(19-15(11)17)9-10-5-2-1-3-6-10/h1-8H,9H2,(H2,17,18,19). The first kappa shape index (κ1) is 11.9. The first-order valence-electron chi connectivity index (χ1n) is 5.98. The van der Waals surface area contributed by atoms with E-state index in [1.807, 2.05) is 48.5 Å². The molecule has 0 saturated heterocycles. The van der Waals surface area contributed by atoms with E-state index < -0.39 is 0 Å². The molecule has 1 heterocycles. The summed E-state index contributed by atoms with van der Waals surface area (Å²) in [5, 5.41) is 1.39. The van der Waals surface area contributed by atoms with Crippen molar-refractivity contribution in [2.24, 2.45) is 0 Å². The van der Waals surface area contributed by atoms with E-state index in [1.165, 1.54) is 0 Å². The van der Waals surface area contributed by atoms with Gasteiger partial charge in [-0.05, 0) is 17.7 Å². The van der Waals surface area contributed by atoms with Crippen LogP contribution in [0, 0.1) is 0 Å². The van der Waals surface area contributed by atoms with Gasteiger partial charge in [0.05, 0.1) is 10.5 Å². The number of hydrogen-bond donors (Lipinski definition) is 1. The molecule has 19 heavy (non-hydrogen) atoms. The lowest BCUT2D eigenvalue weighted by Gasteiger charge is -2.06. The number of rotatable bonds is 2. The van der Waals surface area contributed by atoms with Crippen LogP contribution in [0.25, 0.3) is 10.9 Å². The van der Waals surface area contributed by atoms with Crippen molar-refractivity contribution in [1.82, 2.24) is 9.97 Å². The van der Waals surface area contributed by atoms with Crippen LogP contribution in [0.2, 0.25) is 5.02 Å². The molecule has 0 aliphatic rings. The topological polar surface area (TPSA) is 51.8 Å². The Labute approximate surface area is 116 Å². The Morgan fingerprint density at radius 1 is 0.947 bits per heavy atom. The van der Waals surface area contributed by atoms with Gasteiger partial charge in [0.15, 0.2) is 0 Å². The highest BCUT2D eigenvalue weighted by molar-refractivity contribution is 6.35. The number of nitrogen functional groups attached to an aromatic ring is 1. The fourth-order valence-corrected chi connectivity index (χ4v) is 2.26. The van der Waals surface area contributed by atoms with E-state index >= 15 is 0 Å². The van der Waals surface area contributed by atoms with Crippen LogP contribution in [0.3, 0.4) is 0 Å². The minimum absolute atomic E-state index is 0.471. The number of para-hydroxylation sites is 1. The van der Waals surface area contributed by atoms with Gasteiger partial charge < -0.3 is 5.73 Å². The van der Waals surface area contributed by atoms with Gasteiger partial charge in [0.25, 0.3) is 0 Å². The molecular formula is C15H12ClN3. The van der Waals surface area contributed by atoms with Crippen LogP contribution in [-0.2, 0) is 6.42 Å². The summed E-state index contributed by atoms with van der Waals surface area (Å²) in [6, 6.07) is 15.6. The highest BCUT2D eigenvalue weighted by atomic mass is 35.5. The van der Waals surface area contributed by atoms with Crippen molar-refractivity contribution in [3.8, 4) is 0 Å². The molecule has 0 aliphatic carbocycles. The minimum Gasteiger partial charge on any atom is -0.383 e. The average molecular weight is 270 g/mol. The number of halogens is 1. The zero-order valence-corrected chi connectivity index (χ0v) is 10.9. The van der Waals surface area contributed by atoms with Gasteiger partial charge in [0, 0.05) is 11.8 Å². The molecule has 0 unspecified atom stereocenters. The summed E-state index contributed by atoms with van der Waals surface area (Å²) in [5.41, 5.74) is 7.83. The van der Waals surface area contributed by atoms with Gasteiger partial charge in [-0.2, -0.15) is 0 Å². The number of anilines is 1. The molecule has 0 fully saturated rings. The monoisotopic (exact) mass is 269 g/mol. The van der Waals surface area contributed by atoms with Crippen molar-refractivity contribution >= 4 is 28.3 Å². The Kier molecular flexibility index (Phi) is 3.05. The molecular weight excluding hydrogens is 258 g/mol. The van der Waals surface area contributed by atoms with Crippen LogP contribution in [0.5, 0.6) is 0 Å². The molecule has 0 saturated carbocycles. The highest BCUT2D eigenvalue weighted by Gasteiger charge is 2.08. The fraction of sp³-hybridized carbons (Fsp3) is 0.0667. The quantitative estimate of drug-likeness (QED) is 0.775. The molecule has 2 N–H and O–H groups in total. The minimum atomic E-state index is 0.471. The van der Waals surface area contributed by atoms with E-state index in [1.54, 1.807) is 0 Å². The maximum atomic E-state index is 6.16. The smallest absolute Gasteiger partial charge is 0.135 e. The van der Waals surface area contributed by atoms with E-state index in [0.717, 1.165) is 10.9 Å². The Bertz CT molecular complexity index is 726. The summed E-state index contributed by atoms with van der Waals surface area (Å²) in [6.07, 6.45) is 0.645.